The Kier molecular flexibility index (Phi) is 6.32. The Morgan fingerprint density at radius 3 is 2.54 bits per heavy atom. The van der Waals surface area contributed by atoms with Crippen LogP contribution in [0, 0.1) is 11.6 Å². The molecule has 0 bridgehead atoms. The maximum absolute atomic E-state index is 13.5. The summed E-state index contributed by atoms with van der Waals surface area (Å²) < 4.78 is 31.4. The van der Waals surface area contributed by atoms with E-state index in [1.165, 1.54) is 6.92 Å². The molecule has 0 unspecified atom stereocenters. The van der Waals surface area contributed by atoms with Crippen LogP contribution in [0.3, 0.4) is 0 Å². The zero-order valence-electron chi connectivity index (χ0n) is 15.7. The minimum absolute atomic E-state index is 0.0323. The quantitative estimate of drug-likeness (QED) is 0.541. The van der Waals surface area contributed by atoms with Crippen molar-refractivity contribution in [2.24, 2.45) is 0 Å². The fourth-order valence-corrected chi connectivity index (χ4v) is 2.54. The van der Waals surface area contributed by atoms with Gasteiger partial charge in [0.2, 0.25) is 0 Å². The molecule has 152 valence electrons. The molecule has 1 heterocycles. The van der Waals surface area contributed by atoms with Crippen LogP contribution in [-0.2, 0) is 19.1 Å². The number of halogens is 2. The Morgan fingerprint density at radius 1 is 1.29 bits per heavy atom. The van der Waals surface area contributed by atoms with E-state index in [2.05, 4.69) is 10.6 Å². The molecule has 0 radical (unpaired) electrons. The van der Waals surface area contributed by atoms with E-state index in [1.54, 1.807) is 13.8 Å². The third-order valence-corrected chi connectivity index (χ3v) is 4.07. The Morgan fingerprint density at radius 2 is 1.96 bits per heavy atom. The van der Waals surface area contributed by atoms with Crippen molar-refractivity contribution in [2.45, 2.75) is 45.3 Å². The molecule has 2 N–H and O–H groups in total. The molecule has 1 aliphatic rings. The molecule has 1 aliphatic heterocycles. The molecule has 1 aromatic rings. The minimum atomic E-state index is -1.22. The van der Waals surface area contributed by atoms with Crippen molar-refractivity contribution >= 4 is 29.5 Å². The number of hydrogen-bond donors (Lipinski definition) is 2. The number of urea groups is 1. The Labute approximate surface area is 160 Å². The first-order valence-electron chi connectivity index (χ1n) is 8.61. The van der Waals surface area contributed by atoms with Crippen LogP contribution in [0.25, 0.3) is 0 Å². The van der Waals surface area contributed by atoms with Crippen LogP contribution in [0.4, 0.5) is 19.3 Å². The maximum atomic E-state index is 13.5. The van der Waals surface area contributed by atoms with Crippen molar-refractivity contribution in [1.82, 2.24) is 10.2 Å². The second-order valence-corrected chi connectivity index (χ2v) is 6.86. The minimum Gasteiger partial charge on any atom is -0.453 e. The van der Waals surface area contributed by atoms with Gasteiger partial charge in [-0.2, -0.15) is 0 Å². The zero-order chi connectivity index (χ0) is 21.1. The van der Waals surface area contributed by atoms with E-state index in [4.69, 9.17) is 4.74 Å². The summed E-state index contributed by atoms with van der Waals surface area (Å²) in [4.78, 5) is 48.6. The molecule has 28 heavy (non-hydrogen) atoms. The molecule has 0 saturated carbocycles. The highest BCUT2D eigenvalue weighted by atomic mass is 19.1. The number of ether oxygens (including phenoxy) is 1. The lowest BCUT2D eigenvalue weighted by atomic mass is 10.1. The molecule has 1 atom stereocenters. The van der Waals surface area contributed by atoms with Crippen molar-refractivity contribution in [2.75, 3.05) is 11.9 Å². The fraction of sp³-hybridized carbons (Fsp3) is 0.444. The predicted molar refractivity (Wildman–Crippen MR) is 94.1 cm³/mol. The summed E-state index contributed by atoms with van der Waals surface area (Å²) in [6.07, 6.45) is -1.18. The highest BCUT2D eigenvalue weighted by Crippen LogP contribution is 2.18. The van der Waals surface area contributed by atoms with Gasteiger partial charge in [-0.25, -0.2) is 13.6 Å². The number of hydrogen-bond acceptors (Lipinski definition) is 5. The van der Waals surface area contributed by atoms with E-state index in [0.717, 1.165) is 17.0 Å². The summed E-state index contributed by atoms with van der Waals surface area (Å²) in [5.74, 6) is -3.63. The van der Waals surface area contributed by atoms with Gasteiger partial charge >= 0.3 is 12.0 Å². The van der Waals surface area contributed by atoms with Crippen molar-refractivity contribution in [1.29, 1.82) is 0 Å². The summed E-state index contributed by atoms with van der Waals surface area (Å²) in [7, 11) is 0. The van der Waals surface area contributed by atoms with Crippen LogP contribution in [-0.4, -0.2) is 46.9 Å². The van der Waals surface area contributed by atoms with Gasteiger partial charge in [-0.05, 0) is 39.3 Å². The first-order chi connectivity index (χ1) is 13.0. The number of nitrogens with zero attached hydrogens (tertiary/aromatic N) is 1. The number of anilines is 1. The van der Waals surface area contributed by atoms with Crippen LogP contribution in [0.15, 0.2) is 18.2 Å². The van der Waals surface area contributed by atoms with Crippen LogP contribution in [0.1, 0.15) is 33.6 Å². The molecule has 2 rings (SSSR count). The lowest BCUT2D eigenvalue weighted by Crippen LogP contribution is -2.40. The van der Waals surface area contributed by atoms with Crippen molar-refractivity contribution in [3.05, 3.63) is 29.8 Å². The fourth-order valence-electron chi connectivity index (χ4n) is 2.54. The largest absolute Gasteiger partial charge is 0.453 e. The molecular weight excluding hydrogens is 376 g/mol. The molecular formula is C18H21F2N3O5. The van der Waals surface area contributed by atoms with Crippen LogP contribution in [0.5, 0.6) is 0 Å². The van der Waals surface area contributed by atoms with Crippen LogP contribution in [0.2, 0.25) is 0 Å². The highest BCUT2D eigenvalue weighted by Gasteiger charge is 2.43. The summed E-state index contributed by atoms with van der Waals surface area (Å²) in [5, 5.41) is 4.72. The van der Waals surface area contributed by atoms with E-state index >= 15 is 0 Å². The third-order valence-electron chi connectivity index (χ3n) is 4.07. The number of imide groups is 1. The van der Waals surface area contributed by atoms with E-state index in [9.17, 15) is 28.0 Å². The first kappa shape index (κ1) is 21.3. The highest BCUT2D eigenvalue weighted by molar-refractivity contribution is 6.06. The molecule has 0 spiro atoms. The SMILES string of the molecule is C[C@H](OC(=O)CCCN1C(=O)NC(C)(C)C1=O)C(=O)Nc1ccc(F)cc1F. The Hall–Kier alpha value is -3.04. The molecule has 0 aromatic heterocycles. The van der Waals surface area contributed by atoms with Crippen LogP contribution < -0.4 is 10.6 Å². The summed E-state index contributed by atoms with van der Waals surface area (Å²) >= 11 is 0. The standard InChI is InChI=1S/C18H21F2N3O5/c1-10(15(25)21-13-7-6-11(19)9-12(13)20)28-14(24)5-4-8-23-16(26)18(2,3)22-17(23)27/h6-7,9-10H,4-5,8H2,1-3H3,(H,21,25)(H,22,27)/t10-/m0/s1. The second-order valence-electron chi connectivity index (χ2n) is 6.86. The van der Waals surface area contributed by atoms with Gasteiger partial charge in [0.05, 0.1) is 5.69 Å². The molecule has 1 aromatic carbocycles. The van der Waals surface area contributed by atoms with Gasteiger partial charge in [0.25, 0.3) is 11.8 Å². The average molecular weight is 397 g/mol. The van der Waals surface area contributed by atoms with E-state index < -0.39 is 41.2 Å². The summed E-state index contributed by atoms with van der Waals surface area (Å²) in [6, 6.07) is 2.12. The van der Waals surface area contributed by atoms with Gasteiger partial charge in [-0.15, -0.1) is 0 Å². The lowest BCUT2D eigenvalue weighted by molar-refractivity contribution is -0.153. The zero-order valence-corrected chi connectivity index (χ0v) is 15.7. The average Bonchev–Trinajstić information content (AvgIpc) is 2.78. The molecule has 8 nitrogen and oxygen atoms in total. The maximum Gasteiger partial charge on any atom is 0.325 e. The van der Waals surface area contributed by atoms with Gasteiger partial charge in [-0.1, -0.05) is 0 Å². The number of carbonyl (C=O) groups is 4. The predicted octanol–water partition coefficient (Wildman–Crippen LogP) is 1.95. The van der Waals surface area contributed by atoms with Gasteiger partial charge in [0, 0.05) is 19.0 Å². The molecule has 0 aliphatic carbocycles. The smallest absolute Gasteiger partial charge is 0.325 e. The third kappa shape index (κ3) is 5.02. The Bertz CT molecular complexity index is 812. The summed E-state index contributed by atoms with van der Waals surface area (Å²) in [5.41, 5.74) is -1.23. The normalized spacial score (nSPS) is 16.5. The summed E-state index contributed by atoms with van der Waals surface area (Å²) in [6.45, 7) is 4.48. The van der Waals surface area contributed by atoms with Gasteiger partial charge < -0.3 is 15.4 Å². The first-order valence-corrected chi connectivity index (χ1v) is 8.61. The molecule has 10 heteroatoms. The number of rotatable bonds is 7. The van der Waals surface area contributed by atoms with Crippen molar-refractivity contribution in [3.63, 3.8) is 0 Å². The molecule has 1 saturated heterocycles. The van der Waals surface area contributed by atoms with Gasteiger partial charge in [0.15, 0.2) is 6.10 Å². The molecule has 1 fully saturated rings. The lowest BCUT2D eigenvalue weighted by Gasteiger charge is -2.16. The van der Waals surface area contributed by atoms with E-state index in [0.29, 0.717) is 6.07 Å². The number of nitrogens with one attached hydrogen (secondary N) is 2. The Balaban J connectivity index is 1.78. The number of amides is 4. The van der Waals surface area contributed by atoms with E-state index in [-0.39, 0.29) is 31.0 Å². The monoisotopic (exact) mass is 397 g/mol. The van der Waals surface area contributed by atoms with E-state index in [1.807, 2.05) is 0 Å². The number of esters is 1. The van der Waals surface area contributed by atoms with Gasteiger partial charge in [0.1, 0.15) is 17.2 Å². The number of benzene rings is 1. The van der Waals surface area contributed by atoms with Crippen molar-refractivity contribution < 1.29 is 32.7 Å². The topological polar surface area (TPSA) is 105 Å². The second kappa shape index (κ2) is 8.32. The van der Waals surface area contributed by atoms with Crippen molar-refractivity contribution in [3.8, 4) is 0 Å². The molecule has 4 amide bonds. The number of carbonyl (C=O) groups excluding carboxylic acids is 4. The van der Waals surface area contributed by atoms with Gasteiger partial charge in [-0.3, -0.25) is 19.3 Å². The van der Waals surface area contributed by atoms with Crippen LogP contribution >= 0.6 is 0 Å².